The third-order valence-electron chi connectivity index (χ3n) is 3.22. The SMILES string of the molecule is Cc1cc(C(=O)Nc2ccc(Br)cc2)nn1-c1ccccc1. The summed E-state index contributed by atoms with van der Waals surface area (Å²) in [7, 11) is 0. The highest BCUT2D eigenvalue weighted by molar-refractivity contribution is 9.10. The number of carbonyl (C=O) groups is 1. The topological polar surface area (TPSA) is 46.9 Å². The van der Waals surface area contributed by atoms with E-state index in [4.69, 9.17) is 0 Å². The van der Waals surface area contributed by atoms with E-state index in [9.17, 15) is 4.79 Å². The van der Waals surface area contributed by atoms with Gasteiger partial charge >= 0.3 is 0 Å². The highest BCUT2D eigenvalue weighted by atomic mass is 79.9. The van der Waals surface area contributed by atoms with Crippen LogP contribution >= 0.6 is 15.9 Å². The van der Waals surface area contributed by atoms with E-state index >= 15 is 0 Å². The van der Waals surface area contributed by atoms with E-state index in [0.29, 0.717) is 5.69 Å². The summed E-state index contributed by atoms with van der Waals surface area (Å²) in [4.78, 5) is 12.3. The molecule has 110 valence electrons. The zero-order chi connectivity index (χ0) is 15.5. The number of para-hydroxylation sites is 1. The summed E-state index contributed by atoms with van der Waals surface area (Å²) >= 11 is 3.37. The average molecular weight is 356 g/mol. The molecule has 0 atom stereocenters. The van der Waals surface area contributed by atoms with Crippen LogP contribution in [0.15, 0.2) is 65.1 Å². The predicted octanol–water partition coefficient (Wildman–Crippen LogP) is 4.20. The minimum absolute atomic E-state index is 0.222. The highest BCUT2D eigenvalue weighted by Gasteiger charge is 2.13. The van der Waals surface area contributed by atoms with Gasteiger partial charge in [0.1, 0.15) is 0 Å². The quantitative estimate of drug-likeness (QED) is 0.765. The first-order valence-electron chi connectivity index (χ1n) is 6.82. The Bertz CT molecular complexity index is 795. The molecule has 1 heterocycles. The first-order chi connectivity index (χ1) is 10.6. The van der Waals surface area contributed by atoms with E-state index in [1.54, 1.807) is 10.7 Å². The van der Waals surface area contributed by atoms with Gasteiger partial charge in [-0.25, -0.2) is 4.68 Å². The van der Waals surface area contributed by atoms with Crippen molar-refractivity contribution < 1.29 is 4.79 Å². The Morgan fingerprint density at radius 1 is 1.09 bits per heavy atom. The van der Waals surface area contributed by atoms with Crippen LogP contribution in [0.5, 0.6) is 0 Å². The van der Waals surface area contributed by atoms with Crippen LogP contribution in [0.3, 0.4) is 0 Å². The third kappa shape index (κ3) is 3.09. The molecular weight excluding hydrogens is 342 g/mol. The van der Waals surface area contributed by atoms with Gasteiger partial charge in [0.25, 0.3) is 5.91 Å². The Morgan fingerprint density at radius 2 is 1.77 bits per heavy atom. The number of nitrogens with zero attached hydrogens (tertiary/aromatic N) is 2. The average Bonchev–Trinajstić information content (AvgIpc) is 2.92. The van der Waals surface area contributed by atoms with Crippen LogP contribution in [0.4, 0.5) is 5.69 Å². The highest BCUT2D eigenvalue weighted by Crippen LogP contribution is 2.16. The predicted molar refractivity (Wildman–Crippen MR) is 90.4 cm³/mol. The molecule has 0 aliphatic rings. The molecule has 0 unspecified atom stereocenters. The molecule has 0 spiro atoms. The minimum atomic E-state index is -0.222. The van der Waals surface area contributed by atoms with Gasteiger partial charge in [-0.3, -0.25) is 4.79 Å². The fourth-order valence-electron chi connectivity index (χ4n) is 2.14. The summed E-state index contributed by atoms with van der Waals surface area (Å²) in [6.07, 6.45) is 0. The van der Waals surface area contributed by atoms with E-state index < -0.39 is 0 Å². The molecule has 0 aliphatic heterocycles. The molecule has 3 rings (SSSR count). The lowest BCUT2D eigenvalue weighted by molar-refractivity contribution is 0.102. The van der Waals surface area contributed by atoms with E-state index in [1.807, 2.05) is 61.5 Å². The molecular formula is C17H14BrN3O. The number of halogens is 1. The maximum atomic E-state index is 12.3. The number of rotatable bonds is 3. The van der Waals surface area contributed by atoms with Crippen molar-refractivity contribution in [1.82, 2.24) is 9.78 Å². The second-order valence-corrected chi connectivity index (χ2v) is 5.80. The van der Waals surface area contributed by atoms with Gasteiger partial charge in [0.2, 0.25) is 0 Å². The molecule has 0 saturated carbocycles. The van der Waals surface area contributed by atoms with Crippen LogP contribution < -0.4 is 5.32 Å². The van der Waals surface area contributed by atoms with Gasteiger partial charge in [-0.05, 0) is 49.4 Å². The molecule has 1 amide bonds. The molecule has 0 radical (unpaired) electrons. The monoisotopic (exact) mass is 355 g/mol. The Kier molecular flexibility index (Phi) is 4.06. The molecule has 2 aromatic carbocycles. The van der Waals surface area contributed by atoms with E-state index in [1.165, 1.54) is 0 Å². The number of aryl methyl sites for hydroxylation is 1. The molecule has 4 nitrogen and oxygen atoms in total. The van der Waals surface area contributed by atoms with Gasteiger partial charge in [-0.1, -0.05) is 34.1 Å². The van der Waals surface area contributed by atoms with Crippen molar-refractivity contribution in [2.45, 2.75) is 6.92 Å². The van der Waals surface area contributed by atoms with Gasteiger partial charge in [-0.2, -0.15) is 5.10 Å². The molecule has 5 heteroatoms. The Hall–Kier alpha value is -2.40. The Morgan fingerprint density at radius 3 is 2.45 bits per heavy atom. The van der Waals surface area contributed by atoms with Gasteiger partial charge in [0.05, 0.1) is 5.69 Å². The lowest BCUT2D eigenvalue weighted by Crippen LogP contribution is -2.13. The van der Waals surface area contributed by atoms with Crippen LogP contribution in [0.25, 0.3) is 5.69 Å². The van der Waals surface area contributed by atoms with Gasteiger partial charge < -0.3 is 5.32 Å². The van der Waals surface area contributed by atoms with E-state index in [0.717, 1.165) is 21.5 Å². The first-order valence-corrected chi connectivity index (χ1v) is 7.62. The number of carbonyl (C=O) groups excluding carboxylic acids is 1. The molecule has 1 N–H and O–H groups in total. The molecule has 1 aromatic heterocycles. The van der Waals surface area contributed by atoms with Crippen LogP contribution in [0.1, 0.15) is 16.2 Å². The van der Waals surface area contributed by atoms with Gasteiger partial charge in [0, 0.05) is 15.9 Å². The summed E-state index contributed by atoms with van der Waals surface area (Å²) in [5.74, 6) is -0.222. The van der Waals surface area contributed by atoms with Crippen molar-refractivity contribution in [3.05, 3.63) is 76.5 Å². The van der Waals surface area contributed by atoms with Crippen LogP contribution in [-0.4, -0.2) is 15.7 Å². The number of hydrogen-bond acceptors (Lipinski definition) is 2. The van der Waals surface area contributed by atoms with Gasteiger partial charge in [0.15, 0.2) is 5.69 Å². The zero-order valence-corrected chi connectivity index (χ0v) is 13.5. The lowest BCUT2D eigenvalue weighted by Gasteiger charge is -2.04. The van der Waals surface area contributed by atoms with Crippen LogP contribution in [0.2, 0.25) is 0 Å². The van der Waals surface area contributed by atoms with Crippen molar-refractivity contribution in [3.8, 4) is 5.69 Å². The van der Waals surface area contributed by atoms with Gasteiger partial charge in [-0.15, -0.1) is 0 Å². The molecule has 0 saturated heterocycles. The van der Waals surface area contributed by atoms with Crippen LogP contribution in [-0.2, 0) is 0 Å². The van der Waals surface area contributed by atoms with Crippen molar-refractivity contribution in [2.75, 3.05) is 5.32 Å². The maximum absolute atomic E-state index is 12.3. The summed E-state index contributed by atoms with van der Waals surface area (Å²) < 4.78 is 2.73. The first kappa shape index (κ1) is 14.5. The minimum Gasteiger partial charge on any atom is -0.321 e. The number of aromatic nitrogens is 2. The standard InChI is InChI=1S/C17H14BrN3O/c1-12-11-16(20-21(12)15-5-3-2-4-6-15)17(22)19-14-9-7-13(18)8-10-14/h2-11H,1H3,(H,19,22). The lowest BCUT2D eigenvalue weighted by atomic mass is 10.3. The molecule has 0 bridgehead atoms. The molecule has 0 aliphatic carbocycles. The number of anilines is 1. The third-order valence-corrected chi connectivity index (χ3v) is 3.75. The summed E-state index contributed by atoms with van der Waals surface area (Å²) in [5.41, 5.74) is 2.97. The number of hydrogen-bond donors (Lipinski definition) is 1. The van der Waals surface area contributed by atoms with Crippen molar-refractivity contribution in [2.24, 2.45) is 0 Å². The summed E-state index contributed by atoms with van der Waals surface area (Å²) in [6, 6.07) is 19.0. The van der Waals surface area contributed by atoms with E-state index in [-0.39, 0.29) is 5.91 Å². The second-order valence-electron chi connectivity index (χ2n) is 4.88. The van der Waals surface area contributed by atoms with Crippen molar-refractivity contribution in [1.29, 1.82) is 0 Å². The van der Waals surface area contributed by atoms with E-state index in [2.05, 4.69) is 26.3 Å². The summed E-state index contributed by atoms with van der Waals surface area (Å²) in [6.45, 7) is 1.93. The number of amides is 1. The molecule has 3 aromatic rings. The Balaban J connectivity index is 1.83. The second kappa shape index (κ2) is 6.15. The fraction of sp³-hybridized carbons (Fsp3) is 0.0588. The summed E-state index contributed by atoms with van der Waals surface area (Å²) in [5, 5.41) is 7.23. The smallest absolute Gasteiger partial charge is 0.276 e. The van der Waals surface area contributed by atoms with Crippen LogP contribution in [0, 0.1) is 6.92 Å². The molecule has 0 fully saturated rings. The largest absolute Gasteiger partial charge is 0.321 e. The van der Waals surface area contributed by atoms with Crippen molar-refractivity contribution >= 4 is 27.5 Å². The number of nitrogens with one attached hydrogen (secondary N) is 1. The van der Waals surface area contributed by atoms with Crippen molar-refractivity contribution in [3.63, 3.8) is 0 Å². The Labute approximate surface area is 136 Å². The normalized spacial score (nSPS) is 10.5. The maximum Gasteiger partial charge on any atom is 0.276 e. The molecule has 22 heavy (non-hydrogen) atoms. The number of benzene rings is 2. The fourth-order valence-corrected chi connectivity index (χ4v) is 2.41. The zero-order valence-electron chi connectivity index (χ0n) is 12.0.